The van der Waals surface area contributed by atoms with E-state index in [2.05, 4.69) is 0 Å². The minimum atomic E-state index is -0.176. The fraction of sp³-hybridized carbons (Fsp3) is 0. The molecule has 3 aromatic rings. The average molecular weight is 294 g/mol. The second-order valence-corrected chi connectivity index (χ2v) is 4.99. The van der Waals surface area contributed by atoms with Gasteiger partial charge in [0.25, 0.3) is 0 Å². The Morgan fingerprint density at radius 1 is 0.409 bits per heavy atom. The van der Waals surface area contributed by atoms with Crippen molar-refractivity contribution in [2.75, 3.05) is 0 Å². The Balaban J connectivity index is 2.05. The molecule has 110 valence electrons. The maximum Gasteiger partial charge on any atom is 0.158 e. The molecule has 3 rings (SSSR count). The van der Waals surface area contributed by atoms with Crippen LogP contribution >= 0.6 is 0 Å². The van der Waals surface area contributed by atoms with E-state index in [4.69, 9.17) is 0 Å². The topological polar surface area (TPSA) is 80.9 Å². The fourth-order valence-corrected chi connectivity index (χ4v) is 2.28. The van der Waals surface area contributed by atoms with Crippen molar-refractivity contribution in [3.8, 4) is 45.3 Å². The maximum absolute atomic E-state index is 9.60. The van der Waals surface area contributed by atoms with Gasteiger partial charge in [0.15, 0.2) is 23.0 Å². The van der Waals surface area contributed by atoms with Crippen LogP contribution < -0.4 is 0 Å². The van der Waals surface area contributed by atoms with Gasteiger partial charge in [0.1, 0.15) is 0 Å². The van der Waals surface area contributed by atoms with Crippen LogP contribution in [-0.4, -0.2) is 20.4 Å². The first-order valence-corrected chi connectivity index (χ1v) is 6.69. The van der Waals surface area contributed by atoms with Crippen LogP contribution in [0, 0.1) is 0 Å². The highest BCUT2D eigenvalue weighted by molar-refractivity contribution is 5.75. The third-order valence-electron chi connectivity index (χ3n) is 3.48. The molecule has 3 aromatic carbocycles. The van der Waals surface area contributed by atoms with Gasteiger partial charge >= 0.3 is 0 Å². The quantitative estimate of drug-likeness (QED) is 0.541. The average Bonchev–Trinajstić information content (AvgIpc) is 2.53. The molecular weight excluding hydrogens is 280 g/mol. The number of hydrogen-bond donors (Lipinski definition) is 4. The van der Waals surface area contributed by atoms with E-state index in [1.54, 1.807) is 12.1 Å². The highest BCUT2D eigenvalue weighted by atomic mass is 16.3. The number of hydrogen-bond acceptors (Lipinski definition) is 4. The normalized spacial score (nSPS) is 10.5. The summed E-state index contributed by atoms with van der Waals surface area (Å²) in [5.74, 6) is -0.679. The lowest BCUT2D eigenvalue weighted by Crippen LogP contribution is -1.82. The third kappa shape index (κ3) is 2.54. The summed E-state index contributed by atoms with van der Waals surface area (Å²) in [6, 6.07) is 16.8. The summed E-state index contributed by atoms with van der Waals surface area (Å²) in [6.45, 7) is 0. The first kappa shape index (κ1) is 13.8. The SMILES string of the molecule is Oc1ccc(-c2cccc(-c3ccc(O)c(O)c3)c2)cc1O. The van der Waals surface area contributed by atoms with E-state index in [1.165, 1.54) is 24.3 Å². The van der Waals surface area contributed by atoms with Gasteiger partial charge in [0, 0.05) is 0 Å². The number of aromatic hydroxyl groups is 4. The van der Waals surface area contributed by atoms with Crippen LogP contribution in [0.2, 0.25) is 0 Å². The van der Waals surface area contributed by atoms with Crippen LogP contribution in [0.4, 0.5) is 0 Å². The van der Waals surface area contributed by atoms with Gasteiger partial charge < -0.3 is 20.4 Å². The van der Waals surface area contributed by atoms with Gasteiger partial charge in [-0.15, -0.1) is 0 Å². The highest BCUT2D eigenvalue weighted by Gasteiger charge is 2.07. The second-order valence-electron chi connectivity index (χ2n) is 4.99. The molecule has 0 aromatic heterocycles. The molecular formula is C18H14O4. The van der Waals surface area contributed by atoms with Gasteiger partial charge in [0.05, 0.1) is 0 Å². The molecule has 4 N–H and O–H groups in total. The second kappa shape index (κ2) is 5.33. The molecule has 0 fully saturated rings. The van der Waals surface area contributed by atoms with Crippen LogP contribution in [0.15, 0.2) is 60.7 Å². The Kier molecular flexibility index (Phi) is 3.35. The molecule has 0 radical (unpaired) electrons. The molecule has 0 saturated carbocycles. The van der Waals surface area contributed by atoms with Crippen molar-refractivity contribution in [1.29, 1.82) is 0 Å². The number of rotatable bonds is 2. The summed E-state index contributed by atoms with van der Waals surface area (Å²) in [5.41, 5.74) is 3.25. The van der Waals surface area contributed by atoms with Crippen molar-refractivity contribution in [2.45, 2.75) is 0 Å². The molecule has 0 unspecified atom stereocenters. The summed E-state index contributed by atoms with van der Waals surface area (Å²) in [7, 11) is 0. The maximum atomic E-state index is 9.60. The van der Waals surface area contributed by atoms with Crippen LogP contribution in [0.1, 0.15) is 0 Å². The Morgan fingerprint density at radius 2 is 0.818 bits per heavy atom. The molecule has 4 heteroatoms. The van der Waals surface area contributed by atoms with Gasteiger partial charge in [-0.25, -0.2) is 0 Å². The molecule has 0 spiro atoms. The molecule has 0 atom stereocenters. The van der Waals surface area contributed by atoms with Gasteiger partial charge in [-0.1, -0.05) is 30.3 Å². The Labute approximate surface area is 127 Å². The van der Waals surface area contributed by atoms with E-state index in [0.717, 1.165) is 22.3 Å². The third-order valence-corrected chi connectivity index (χ3v) is 3.48. The lowest BCUT2D eigenvalue weighted by molar-refractivity contribution is 0.404. The predicted octanol–water partition coefficient (Wildman–Crippen LogP) is 3.84. The van der Waals surface area contributed by atoms with Crippen molar-refractivity contribution in [2.24, 2.45) is 0 Å². The zero-order valence-electron chi connectivity index (χ0n) is 11.6. The highest BCUT2D eigenvalue weighted by Crippen LogP contribution is 2.34. The first-order chi connectivity index (χ1) is 10.5. The fourth-order valence-electron chi connectivity index (χ4n) is 2.28. The van der Waals surface area contributed by atoms with Gasteiger partial charge in [-0.3, -0.25) is 0 Å². The summed E-state index contributed by atoms with van der Waals surface area (Å²) < 4.78 is 0. The van der Waals surface area contributed by atoms with Crippen LogP contribution in [-0.2, 0) is 0 Å². The van der Waals surface area contributed by atoms with Crippen molar-refractivity contribution in [3.05, 3.63) is 60.7 Å². The van der Waals surface area contributed by atoms with Gasteiger partial charge in [-0.05, 0) is 52.6 Å². The standard InChI is InChI=1S/C18H14O4/c19-15-6-4-13(9-17(15)21)11-2-1-3-12(8-11)14-5-7-16(20)18(22)10-14/h1-10,19-22H. The zero-order valence-corrected chi connectivity index (χ0v) is 11.6. The summed E-state index contributed by atoms with van der Waals surface area (Å²) >= 11 is 0. The first-order valence-electron chi connectivity index (χ1n) is 6.69. The lowest BCUT2D eigenvalue weighted by atomic mass is 9.98. The molecule has 0 heterocycles. The van der Waals surface area contributed by atoms with E-state index < -0.39 is 0 Å². The van der Waals surface area contributed by atoms with Crippen molar-refractivity contribution < 1.29 is 20.4 Å². The van der Waals surface area contributed by atoms with Crippen LogP contribution in [0.3, 0.4) is 0 Å². The number of phenolic OH excluding ortho intramolecular Hbond substituents is 4. The van der Waals surface area contributed by atoms with Crippen molar-refractivity contribution >= 4 is 0 Å². The number of phenols is 4. The van der Waals surface area contributed by atoms with Gasteiger partial charge in [0.2, 0.25) is 0 Å². The Hall–Kier alpha value is -3.14. The smallest absolute Gasteiger partial charge is 0.158 e. The zero-order chi connectivity index (χ0) is 15.7. The van der Waals surface area contributed by atoms with Crippen LogP contribution in [0.25, 0.3) is 22.3 Å². The monoisotopic (exact) mass is 294 g/mol. The van der Waals surface area contributed by atoms with Crippen molar-refractivity contribution in [3.63, 3.8) is 0 Å². The summed E-state index contributed by atoms with van der Waals surface area (Å²) in [6.07, 6.45) is 0. The molecule has 0 amide bonds. The molecule has 0 aliphatic carbocycles. The van der Waals surface area contributed by atoms with Gasteiger partial charge in [-0.2, -0.15) is 0 Å². The van der Waals surface area contributed by atoms with E-state index in [9.17, 15) is 20.4 Å². The molecule has 22 heavy (non-hydrogen) atoms. The minimum Gasteiger partial charge on any atom is -0.504 e. The molecule has 0 saturated heterocycles. The van der Waals surface area contributed by atoms with E-state index in [0.29, 0.717) is 0 Å². The Morgan fingerprint density at radius 3 is 1.23 bits per heavy atom. The molecule has 0 aliphatic rings. The summed E-state index contributed by atoms with van der Waals surface area (Å²) in [5, 5.41) is 38.0. The predicted molar refractivity (Wildman–Crippen MR) is 84.0 cm³/mol. The largest absolute Gasteiger partial charge is 0.504 e. The van der Waals surface area contributed by atoms with E-state index in [-0.39, 0.29) is 23.0 Å². The van der Waals surface area contributed by atoms with Crippen LogP contribution in [0.5, 0.6) is 23.0 Å². The van der Waals surface area contributed by atoms with E-state index >= 15 is 0 Å². The minimum absolute atomic E-state index is 0.164. The van der Waals surface area contributed by atoms with E-state index in [1.807, 2.05) is 24.3 Å². The molecule has 0 bridgehead atoms. The number of benzene rings is 3. The Bertz CT molecular complexity index is 773. The lowest BCUT2D eigenvalue weighted by Gasteiger charge is -2.08. The molecule has 4 nitrogen and oxygen atoms in total. The molecule has 0 aliphatic heterocycles. The summed E-state index contributed by atoms with van der Waals surface area (Å²) in [4.78, 5) is 0. The van der Waals surface area contributed by atoms with Crippen molar-refractivity contribution in [1.82, 2.24) is 0 Å².